The van der Waals surface area contributed by atoms with Gasteiger partial charge in [0.25, 0.3) is 0 Å². The molecule has 0 aliphatic rings. The van der Waals surface area contributed by atoms with Crippen molar-refractivity contribution in [3.63, 3.8) is 0 Å². The number of imidazole rings is 1. The summed E-state index contributed by atoms with van der Waals surface area (Å²) in [4.78, 5) is 8.84. The summed E-state index contributed by atoms with van der Waals surface area (Å²) < 4.78 is 18.4. The number of thiazole rings is 1. The quantitative estimate of drug-likeness (QED) is 0.399. The molecule has 0 radical (unpaired) electrons. The molecule has 1 N–H and O–H groups in total. The maximum atomic E-state index is 14.7. The molecular weight excluding hydrogens is 411 g/mol. The van der Waals surface area contributed by atoms with E-state index in [9.17, 15) is 4.39 Å². The van der Waals surface area contributed by atoms with Crippen molar-refractivity contribution in [1.29, 1.82) is 0 Å². The van der Waals surface area contributed by atoms with Gasteiger partial charge in [0.1, 0.15) is 11.6 Å². The van der Waals surface area contributed by atoms with Crippen LogP contribution in [0.15, 0.2) is 42.2 Å². The van der Waals surface area contributed by atoms with E-state index < -0.39 is 0 Å². The predicted octanol–water partition coefficient (Wildman–Crippen LogP) is 6.26. The number of halogens is 1. The van der Waals surface area contributed by atoms with Gasteiger partial charge < -0.3 is 9.88 Å². The van der Waals surface area contributed by atoms with Crippen molar-refractivity contribution in [2.45, 2.75) is 53.0 Å². The standard InChI is InChI=1S/C23H27FN6S/c1-14(2)30-21(10-20(28-30)23(4,5)6)27-22-26-18(12-31-22)16-7-8-19(17(24)9-16)29-11-15(3)25-13-29/h7-14H,1-6H3,(H,26,27). The second-order valence-electron chi connectivity index (χ2n) is 8.95. The molecular formula is C23H27FN6S. The Kier molecular flexibility index (Phi) is 5.43. The lowest BCUT2D eigenvalue weighted by Gasteiger charge is -2.14. The van der Waals surface area contributed by atoms with E-state index in [0.717, 1.165) is 33.6 Å². The van der Waals surface area contributed by atoms with Gasteiger partial charge in [-0.3, -0.25) is 0 Å². The van der Waals surface area contributed by atoms with Crippen LogP contribution in [0.5, 0.6) is 0 Å². The van der Waals surface area contributed by atoms with Gasteiger partial charge >= 0.3 is 0 Å². The summed E-state index contributed by atoms with van der Waals surface area (Å²) in [5.74, 6) is 0.586. The van der Waals surface area contributed by atoms with Crippen LogP contribution in [-0.4, -0.2) is 24.3 Å². The maximum Gasteiger partial charge on any atom is 0.188 e. The van der Waals surface area contributed by atoms with Crippen molar-refractivity contribution in [3.8, 4) is 16.9 Å². The molecule has 0 bridgehead atoms. The SMILES string of the molecule is Cc1cn(-c2ccc(-c3csc(Nc4cc(C(C)(C)C)nn4C(C)C)n3)cc2F)cn1. The van der Waals surface area contributed by atoms with E-state index in [1.807, 2.05) is 23.1 Å². The van der Waals surface area contributed by atoms with Crippen LogP contribution in [0.25, 0.3) is 16.9 Å². The summed E-state index contributed by atoms with van der Waals surface area (Å²) in [7, 11) is 0. The van der Waals surface area contributed by atoms with Crippen LogP contribution in [0.4, 0.5) is 15.3 Å². The summed E-state index contributed by atoms with van der Waals surface area (Å²) in [6, 6.07) is 7.43. The van der Waals surface area contributed by atoms with Gasteiger partial charge in [0.05, 0.1) is 29.1 Å². The van der Waals surface area contributed by atoms with E-state index in [1.165, 1.54) is 17.4 Å². The molecule has 0 saturated carbocycles. The van der Waals surface area contributed by atoms with E-state index in [2.05, 4.69) is 56.0 Å². The molecule has 3 aromatic heterocycles. The Labute approximate surface area is 185 Å². The molecule has 0 saturated heterocycles. The van der Waals surface area contributed by atoms with Gasteiger partial charge in [-0.1, -0.05) is 26.8 Å². The number of nitrogens with one attached hydrogen (secondary N) is 1. The largest absolute Gasteiger partial charge is 0.316 e. The third kappa shape index (κ3) is 4.39. The van der Waals surface area contributed by atoms with E-state index in [1.54, 1.807) is 23.2 Å². The minimum Gasteiger partial charge on any atom is -0.316 e. The first-order valence-corrected chi connectivity index (χ1v) is 11.1. The van der Waals surface area contributed by atoms with E-state index in [-0.39, 0.29) is 17.3 Å². The Hall–Kier alpha value is -3.00. The van der Waals surface area contributed by atoms with Crippen LogP contribution in [0.1, 0.15) is 52.0 Å². The second kappa shape index (κ2) is 7.92. The Morgan fingerprint density at radius 3 is 2.55 bits per heavy atom. The van der Waals surface area contributed by atoms with Gasteiger partial charge in [0.15, 0.2) is 5.13 Å². The van der Waals surface area contributed by atoms with Crippen molar-refractivity contribution in [3.05, 3.63) is 59.4 Å². The topological polar surface area (TPSA) is 60.6 Å². The minimum absolute atomic E-state index is 0.0440. The molecule has 0 atom stereocenters. The van der Waals surface area contributed by atoms with E-state index >= 15 is 0 Å². The number of aromatic nitrogens is 5. The Morgan fingerprint density at radius 2 is 1.94 bits per heavy atom. The zero-order chi connectivity index (χ0) is 22.3. The Balaban J connectivity index is 1.59. The Morgan fingerprint density at radius 1 is 1.16 bits per heavy atom. The van der Waals surface area contributed by atoms with Crippen molar-refractivity contribution in [2.24, 2.45) is 0 Å². The number of anilines is 2. The number of benzene rings is 1. The van der Waals surface area contributed by atoms with Gasteiger partial charge in [-0.25, -0.2) is 19.0 Å². The molecule has 8 heteroatoms. The third-order valence-electron chi connectivity index (χ3n) is 4.97. The predicted molar refractivity (Wildman–Crippen MR) is 124 cm³/mol. The fraction of sp³-hybridized carbons (Fsp3) is 0.348. The lowest BCUT2D eigenvalue weighted by atomic mass is 9.92. The molecule has 6 nitrogen and oxygen atoms in total. The molecule has 0 amide bonds. The fourth-order valence-corrected chi connectivity index (χ4v) is 3.98. The van der Waals surface area contributed by atoms with Crippen LogP contribution in [0.3, 0.4) is 0 Å². The molecule has 0 unspecified atom stereocenters. The van der Waals surface area contributed by atoms with Crippen LogP contribution < -0.4 is 5.32 Å². The molecule has 4 rings (SSSR count). The molecule has 162 valence electrons. The number of aryl methyl sites for hydroxylation is 1. The number of nitrogens with zero attached hydrogens (tertiary/aromatic N) is 5. The smallest absolute Gasteiger partial charge is 0.188 e. The minimum atomic E-state index is -0.315. The first-order valence-electron chi connectivity index (χ1n) is 10.3. The van der Waals surface area contributed by atoms with Gasteiger partial charge in [0.2, 0.25) is 0 Å². The summed E-state index contributed by atoms with van der Waals surface area (Å²) in [6.07, 6.45) is 3.41. The van der Waals surface area contributed by atoms with Crippen LogP contribution in [0, 0.1) is 12.7 Å². The first kappa shape index (κ1) is 21.2. The number of rotatable bonds is 5. The lowest BCUT2D eigenvalue weighted by molar-refractivity contribution is 0.499. The molecule has 31 heavy (non-hydrogen) atoms. The highest BCUT2D eigenvalue weighted by Crippen LogP contribution is 2.31. The van der Waals surface area contributed by atoms with Crippen molar-refractivity contribution in [1.82, 2.24) is 24.3 Å². The van der Waals surface area contributed by atoms with Crippen LogP contribution >= 0.6 is 11.3 Å². The van der Waals surface area contributed by atoms with Crippen LogP contribution in [-0.2, 0) is 5.41 Å². The number of hydrogen-bond donors (Lipinski definition) is 1. The zero-order valence-corrected chi connectivity index (χ0v) is 19.5. The van der Waals surface area contributed by atoms with E-state index in [0.29, 0.717) is 5.69 Å². The monoisotopic (exact) mass is 438 g/mol. The van der Waals surface area contributed by atoms with E-state index in [4.69, 9.17) is 5.10 Å². The molecule has 0 aliphatic carbocycles. The third-order valence-corrected chi connectivity index (χ3v) is 5.72. The second-order valence-corrected chi connectivity index (χ2v) is 9.81. The average molecular weight is 439 g/mol. The Bertz CT molecular complexity index is 1210. The maximum absolute atomic E-state index is 14.7. The molecule has 0 spiro atoms. The van der Waals surface area contributed by atoms with Crippen molar-refractivity contribution >= 4 is 22.3 Å². The van der Waals surface area contributed by atoms with Gasteiger partial charge in [-0.2, -0.15) is 5.10 Å². The molecule has 3 heterocycles. The highest BCUT2D eigenvalue weighted by molar-refractivity contribution is 7.14. The zero-order valence-electron chi connectivity index (χ0n) is 18.6. The molecule has 0 aliphatic heterocycles. The summed E-state index contributed by atoms with van der Waals surface area (Å²) >= 11 is 1.49. The molecule has 4 aromatic rings. The number of hydrogen-bond acceptors (Lipinski definition) is 5. The molecule has 1 aromatic carbocycles. The highest BCUT2D eigenvalue weighted by atomic mass is 32.1. The normalized spacial score (nSPS) is 12.0. The first-order chi connectivity index (χ1) is 14.6. The summed E-state index contributed by atoms with van der Waals surface area (Å²) in [5.41, 5.74) is 3.74. The van der Waals surface area contributed by atoms with Gasteiger partial charge in [0, 0.05) is 34.7 Å². The summed E-state index contributed by atoms with van der Waals surface area (Å²) in [5, 5.41) is 10.8. The fourth-order valence-electron chi connectivity index (χ4n) is 3.25. The van der Waals surface area contributed by atoms with Crippen molar-refractivity contribution < 1.29 is 4.39 Å². The summed E-state index contributed by atoms with van der Waals surface area (Å²) in [6.45, 7) is 12.5. The average Bonchev–Trinajstić information content (AvgIpc) is 3.41. The van der Waals surface area contributed by atoms with Crippen LogP contribution in [0.2, 0.25) is 0 Å². The van der Waals surface area contributed by atoms with Gasteiger partial charge in [-0.05, 0) is 32.9 Å². The van der Waals surface area contributed by atoms with Gasteiger partial charge in [-0.15, -0.1) is 11.3 Å². The van der Waals surface area contributed by atoms with Crippen molar-refractivity contribution in [2.75, 3.05) is 5.32 Å². The highest BCUT2D eigenvalue weighted by Gasteiger charge is 2.21. The lowest BCUT2D eigenvalue weighted by Crippen LogP contribution is -2.13. The molecule has 0 fully saturated rings.